The maximum Gasteiger partial charge on any atom is 0.274 e. The lowest BCUT2D eigenvalue weighted by atomic mass is 10.1. The quantitative estimate of drug-likeness (QED) is 0.562. The average molecular weight is 195 g/mol. The zero-order chi connectivity index (χ0) is 11.0. The highest BCUT2D eigenvalue weighted by molar-refractivity contribution is 5.93. The fourth-order valence-electron chi connectivity index (χ4n) is 0.956. The average Bonchev–Trinajstić information content (AvgIpc) is 2.31. The minimum atomic E-state index is -0.474. The summed E-state index contributed by atoms with van der Waals surface area (Å²) in [4.78, 5) is 10.9. The van der Waals surface area contributed by atoms with E-state index in [-0.39, 0.29) is 0 Å². The van der Waals surface area contributed by atoms with Crippen molar-refractivity contribution >= 4 is 5.91 Å². The van der Waals surface area contributed by atoms with Crippen LogP contribution >= 0.6 is 0 Å². The van der Waals surface area contributed by atoms with Gasteiger partial charge in [-0.2, -0.15) is 0 Å². The van der Waals surface area contributed by atoms with Gasteiger partial charge >= 0.3 is 0 Å². The number of nitrogens with one attached hydrogen (secondary N) is 1. The highest BCUT2D eigenvalue weighted by Gasteiger charge is 2.01. The minimum Gasteiger partial charge on any atom is -0.288 e. The van der Waals surface area contributed by atoms with Crippen molar-refractivity contribution in [1.82, 2.24) is 5.48 Å². The molecule has 3 heteroatoms. The number of carbonyl (C=O) groups is 1. The first-order valence-electron chi connectivity index (χ1n) is 4.81. The lowest BCUT2D eigenvalue weighted by Crippen LogP contribution is -2.18. The van der Waals surface area contributed by atoms with Crippen molar-refractivity contribution in [1.29, 1.82) is 0 Å². The van der Waals surface area contributed by atoms with E-state index in [1.807, 2.05) is 32.9 Å². The van der Waals surface area contributed by atoms with E-state index in [4.69, 9.17) is 5.21 Å². The van der Waals surface area contributed by atoms with Crippen molar-refractivity contribution in [3.05, 3.63) is 35.4 Å². The molecule has 2 N–H and O–H groups in total. The second kappa shape index (κ2) is 7.09. The molecule has 0 heterocycles. The van der Waals surface area contributed by atoms with E-state index in [0.29, 0.717) is 5.56 Å². The van der Waals surface area contributed by atoms with E-state index in [9.17, 15) is 4.79 Å². The van der Waals surface area contributed by atoms with Gasteiger partial charge in [0.05, 0.1) is 0 Å². The standard InChI is InChI=1S/C9H11NO2.C2H6/c1-2-7-3-5-8(6-4-7)9(11)10-12;1-2/h3-6,12H,2H2,1H3,(H,10,11);1-2H3. The maximum absolute atomic E-state index is 10.9. The Hall–Kier alpha value is -1.35. The summed E-state index contributed by atoms with van der Waals surface area (Å²) in [6.07, 6.45) is 0.945. The predicted molar refractivity (Wildman–Crippen MR) is 56.4 cm³/mol. The summed E-state index contributed by atoms with van der Waals surface area (Å²) in [5.74, 6) is -0.474. The Morgan fingerprint density at radius 3 is 2.14 bits per heavy atom. The first kappa shape index (κ1) is 12.7. The van der Waals surface area contributed by atoms with Crippen molar-refractivity contribution in [2.24, 2.45) is 0 Å². The van der Waals surface area contributed by atoms with Crippen LogP contribution in [0.4, 0.5) is 0 Å². The smallest absolute Gasteiger partial charge is 0.274 e. The molecule has 0 aliphatic rings. The Morgan fingerprint density at radius 1 is 1.29 bits per heavy atom. The lowest BCUT2D eigenvalue weighted by molar-refractivity contribution is 0.0706. The summed E-state index contributed by atoms with van der Waals surface area (Å²) < 4.78 is 0. The van der Waals surface area contributed by atoms with Crippen LogP contribution < -0.4 is 5.48 Å². The number of aryl methyl sites for hydroxylation is 1. The Balaban J connectivity index is 0.000000791. The second-order valence-electron chi connectivity index (χ2n) is 2.49. The van der Waals surface area contributed by atoms with Gasteiger partial charge in [-0.25, -0.2) is 5.48 Å². The van der Waals surface area contributed by atoms with Crippen LogP contribution in [0.5, 0.6) is 0 Å². The predicted octanol–water partition coefficient (Wildman–Crippen LogP) is 2.39. The normalized spacial score (nSPS) is 8.57. The third kappa shape index (κ3) is 3.58. The molecule has 0 aromatic heterocycles. The van der Waals surface area contributed by atoms with Crippen LogP contribution in [-0.2, 0) is 6.42 Å². The van der Waals surface area contributed by atoms with Crippen LogP contribution in [0.2, 0.25) is 0 Å². The Bertz CT molecular complexity index is 267. The SMILES string of the molecule is CC.CCc1ccc(C(=O)NO)cc1. The first-order valence-corrected chi connectivity index (χ1v) is 4.81. The van der Waals surface area contributed by atoms with Crippen molar-refractivity contribution in [3.8, 4) is 0 Å². The number of amides is 1. The van der Waals surface area contributed by atoms with Gasteiger partial charge in [0.15, 0.2) is 0 Å². The van der Waals surface area contributed by atoms with Gasteiger partial charge < -0.3 is 0 Å². The van der Waals surface area contributed by atoms with Crippen LogP contribution in [0.15, 0.2) is 24.3 Å². The molecule has 0 saturated heterocycles. The number of carbonyl (C=O) groups excluding carboxylic acids is 1. The highest BCUT2D eigenvalue weighted by atomic mass is 16.5. The van der Waals surface area contributed by atoms with E-state index < -0.39 is 5.91 Å². The minimum absolute atomic E-state index is 0.467. The second-order valence-corrected chi connectivity index (χ2v) is 2.49. The fraction of sp³-hybridized carbons (Fsp3) is 0.364. The third-order valence-electron chi connectivity index (χ3n) is 1.73. The number of hydrogen-bond acceptors (Lipinski definition) is 2. The van der Waals surface area contributed by atoms with Crippen LogP contribution in [0.1, 0.15) is 36.7 Å². The van der Waals surface area contributed by atoms with Gasteiger partial charge in [0.25, 0.3) is 5.91 Å². The summed E-state index contributed by atoms with van der Waals surface area (Å²) in [6, 6.07) is 7.10. The molecule has 3 nitrogen and oxygen atoms in total. The van der Waals surface area contributed by atoms with Crippen molar-refractivity contribution in [3.63, 3.8) is 0 Å². The Labute approximate surface area is 84.7 Å². The summed E-state index contributed by atoms with van der Waals surface area (Å²) >= 11 is 0. The molecule has 0 spiro atoms. The molecule has 1 aromatic carbocycles. The van der Waals surface area contributed by atoms with Crippen LogP contribution in [0.3, 0.4) is 0 Å². The molecule has 0 radical (unpaired) electrons. The van der Waals surface area contributed by atoms with Gasteiger partial charge in [0.2, 0.25) is 0 Å². The van der Waals surface area contributed by atoms with E-state index in [1.54, 1.807) is 17.6 Å². The molecule has 1 amide bonds. The van der Waals surface area contributed by atoms with Gasteiger partial charge in [0, 0.05) is 5.56 Å². The summed E-state index contributed by atoms with van der Waals surface area (Å²) in [6.45, 7) is 6.04. The molecule has 0 unspecified atom stereocenters. The lowest BCUT2D eigenvalue weighted by Gasteiger charge is -1.99. The number of rotatable bonds is 2. The van der Waals surface area contributed by atoms with Crippen molar-refractivity contribution in [2.75, 3.05) is 0 Å². The van der Waals surface area contributed by atoms with E-state index in [0.717, 1.165) is 6.42 Å². The molecule has 0 atom stereocenters. The molecule has 78 valence electrons. The van der Waals surface area contributed by atoms with Crippen molar-refractivity contribution < 1.29 is 10.0 Å². The van der Waals surface area contributed by atoms with E-state index in [1.165, 1.54) is 5.56 Å². The Morgan fingerprint density at radius 2 is 1.79 bits per heavy atom. The third-order valence-corrected chi connectivity index (χ3v) is 1.73. The van der Waals surface area contributed by atoms with Gasteiger partial charge in [-0.05, 0) is 24.1 Å². The maximum atomic E-state index is 10.9. The molecule has 0 fully saturated rings. The first-order chi connectivity index (χ1) is 6.77. The van der Waals surface area contributed by atoms with Gasteiger partial charge in [-0.3, -0.25) is 10.0 Å². The zero-order valence-electron chi connectivity index (χ0n) is 8.87. The molecular formula is C11H17NO2. The molecule has 0 aliphatic carbocycles. The molecule has 0 bridgehead atoms. The largest absolute Gasteiger partial charge is 0.288 e. The number of hydrogen-bond donors (Lipinski definition) is 2. The number of hydroxylamine groups is 1. The molecule has 0 aliphatic heterocycles. The van der Waals surface area contributed by atoms with E-state index in [2.05, 4.69) is 0 Å². The van der Waals surface area contributed by atoms with Gasteiger partial charge in [0.1, 0.15) is 0 Å². The molecule has 1 rings (SSSR count). The molecule has 1 aromatic rings. The molecule has 0 saturated carbocycles. The monoisotopic (exact) mass is 195 g/mol. The summed E-state index contributed by atoms with van der Waals surface area (Å²) in [5.41, 5.74) is 3.22. The van der Waals surface area contributed by atoms with E-state index >= 15 is 0 Å². The van der Waals surface area contributed by atoms with Crippen LogP contribution in [0, 0.1) is 0 Å². The van der Waals surface area contributed by atoms with Crippen molar-refractivity contribution in [2.45, 2.75) is 27.2 Å². The Kier molecular flexibility index (Phi) is 6.41. The molecular weight excluding hydrogens is 178 g/mol. The fourth-order valence-corrected chi connectivity index (χ4v) is 0.956. The summed E-state index contributed by atoms with van der Waals surface area (Å²) in [5, 5.41) is 8.32. The zero-order valence-corrected chi connectivity index (χ0v) is 8.87. The van der Waals surface area contributed by atoms with Gasteiger partial charge in [-0.1, -0.05) is 32.9 Å². The molecule has 14 heavy (non-hydrogen) atoms. The summed E-state index contributed by atoms with van der Waals surface area (Å²) in [7, 11) is 0. The highest BCUT2D eigenvalue weighted by Crippen LogP contribution is 2.04. The van der Waals surface area contributed by atoms with Crippen LogP contribution in [-0.4, -0.2) is 11.1 Å². The number of benzene rings is 1. The topological polar surface area (TPSA) is 49.3 Å². The van der Waals surface area contributed by atoms with Gasteiger partial charge in [-0.15, -0.1) is 0 Å². The van der Waals surface area contributed by atoms with Crippen LogP contribution in [0.25, 0.3) is 0 Å².